The monoisotopic (exact) mass is 368 g/mol. The molecule has 3 heterocycles. The summed E-state index contributed by atoms with van der Waals surface area (Å²) in [5, 5.41) is 0. The number of hydrogen-bond acceptors (Lipinski definition) is 5. The molecule has 142 valence electrons. The van der Waals surface area contributed by atoms with Gasteiger partial charge in [0.2, 0.25) is 0 Å². The number of hydrazine groups is 1. The molecular formula is C20H25FN6. The van der Waals surface area contributed by atoms with Crippen molar-refractivity contribution in [2.75, 3.05) is 18.0 Å². The Morgan fingerprint density at radius 2 is 1.89 bits per heavy atom. The Hall–Kier alpha value is -2.44. The highest BCUT2D eigenvalue weighted by Gasteiger charge is 2.31. The SMILES string of the molecule is FC1=CC=C2NNC(=Nc3cc(N4CCC4)nc(C4CCCCC4)n3)C2C1. The molecule has 7 heteroatoms. The molecule has 3 fully saturated rings. The number of aromatic nitrogens is 2. The fraction of sp³-hybridized carbons (Fsp3) is 0.550. The van der Waals surface area contributed by atoms with Gasteiger partial charge in [-0.3, -0.25) is 5.43 Å². The van der Waals surface area contributed by atoms with E-state index in [1.54, 1.807) is 6.08 Å². The summed E-state index contributed by atoms with van der Waals surface area (Å²) in [6.45, 7) is 2.09. The number of aliphatic imine (C=N–C) groups is 1. The Labute approximate surface area is 158 Å². The van der Waals surface area contributed by atoms with E-state index in [1.165, 1.54) is 31.8 Å². The van der Waals surface area contributed by atoms with Crippen LogP contribution in [0.4, 0.5) is 16.0 Å². The molecular weight excluding hydrogens is 343 g/mol. The van der Waals surface area contributed by atoms with E-state index >= 15 is 0 Å². The third kappa shape index (κ3) is 3.31. The van der Waals surface area contributed by atoms with Gasteiger partial charge in [0.05, 0.1) is 5.92 Å². The number of nitrogens with one attached hydrogen (secondary N) is 2. The lowest BCUT2D eigenvalue weighted by Crippen LogP contribution is -2.37. The molecule has 1 atom stereocenters. The van der Waals surface area contributed by atoms with E-state index in [0.717, 1.165) is 49.1 Å². The smallest absolute Gasteiger partial charge is 0.159 e. The predicted octanol–water partition coefficient (Wildman–Crippen LogP) is 3.63. The maximum absolute atomic E-state index is 13.7. The summed E-state index contributed by atoms with van der Waals surface area (Å²) in [6.07, 6.45) is 11.0. The Bertz CT molecular complexity index is 820. The van der Waals surface area contributed by atoms with Crippen LogP contribution in [0.2, 0.25) is 0 Å². The van der Waals surface area contributed by atoms with Gasteiger partial charge >= 0.3 is 0 Å². The van der Waals surface area contributed by atoms with Crippen LogP contribution in [0.15, 0.2) is 34.7 Å². The molecule has 2 saturated heterocycles. The lowest BCUT2D eigenvalue weighted by Gasteiger charge is -2.32. The minimum atomic E-state index is -0.117. The molecule has 1 unspecified atom stereocenters. The number of anilines is 1. The number of amidine groups is 1. The molecule has 2 aliphatic carbocycles. The minimum absolute atomic E-state index is 0.0874. The van der Waals surface area contributed by atoms with Gasteiger partial charge in [0.15, 0.2) is 5.82 Å². The first-order chi connectivity index (χ1) is 13.3. The summed E-state index contributed by atoms with van der Waals surface area (Å²) >= 11 is 0. The molecule has 0 amide bonds. The van der Waals surface area contributed by atoms with Crippen molar-refractivity contribution in [1.82, 2.24) is 20.8 Å². The Morgan fingerprint density at radius 1 is 1.04 bits per heavy atom. The first-order valence-electron chi connectivity index (χ1n) is 10.1. The second-order valence-electron chi connectivity index (χ2n) is 7.86. The topological polar surface area (TPSA) is 65.4 Å². The van der Waals surface area contributed by atoms with Gasteiger partial charge in [-0.05, 0) is 31.4 Å². The molecule has 5 rings (SSSR count). The largest absolute Gasteiger partial charge is 0.356 e. The van der Waals surface area contributed by atoms with E-state index in [9.17, 15) is 4.39 Å². The maximum atomic E-state index is 13.7. The molecule has 27 heavy (non-hydrogen) atoms. The van der Waals surface area contributed by atoms with E-state index in [4.69, 9.17) is 15.0 Å². The average molecular weight is 368 g/mol. The molecule has 1 aromatic rings. The van der Waals surface area contributed by atoms with Crippen molar-refractivity contribution in [3.05, 3.63) is 35.6 Å². The quantitative estimate of drug-likeness (QED) is 0.853. The van der Waals surface area contributed by atoms with Crippen LogP contribution in [0, 0.1) is 5.92 Å². The normalized spacial score (nSPS) is 26.6. The van der Waals surface area contributed by atoms with Gasteiger partial charge in [-0.1, -0.05) is 19.3 Å². The van der Waals surface area contributed by atoms with Crippen molar-refractivity contribution in [2.45, 2.75) is 50.9 Å². The fourth-order valence-corrected chi connectivity index (χ4v) is 4.24. The standard InChI is InChI=1S/C20H25FN6/c21-14-7-8-16-15(11-14)20(26-25-16)23-17-12-18(27-9-4-10-27)24-19(22-17)13-5-2-1-3-6-13/h7-8,12-13,15,25H,1-6,9-11H2,(H,22,23,24,26). The van der Waals surface area contributed by atoms with Gasteiger partial charge < -0.3 is 10.3 Å². The van der Waals surface area contributed by atoms with E-state index < -0.39 is 0 Å². The predicted molar refractivity (Wildman–Crippen MR) is 103 cm³/mol. The molecule has 1 aromatic heterocycles. The number of allylic oxidation sites excluding steroid dienone is 3. The van der Waals surface area contributed by atoms with Crippen LogP contribution >= 0.6 is 0 Å². The first kappa shape index (κ1) is 16.7. The molecule has 4 aliphatic rings. The summed E-state index contributed by atoms with van der Waals surface area (Å²) < 4.78 is 13.7. The number of hydrogen-bond donors (Lipinski definition) is 2. The second-order valence-corrected chi connectivity index (χ2v) is 7.86. The van der Waals surface area contributed by atoms with Gasteiger partial charge in [0, 0.05) is 37.2 Å². The molecule has 0 aromatic carbocycles. The van der Waals surface area contributed by atoms with E-state index in [-0.39, 0.29) is 11.7 Å². The lowest BCUT2D eigenvalue weighted by atomic mass is 9.88. The van der Waals surface area contributed by atoms with E-state index in [2.05, 4.69) is 15.8 Å². The summed E-state index contributed by atoms with van der Waals surface area (Å²) in [5.74, 6) is 3.53. The van der Waals surface area contributed by atoms with Crippen LogP contribution in [0.1, 0.15) is 56.7 Å². The van der Waals surface area contributed by atoms with Crippen LogP contribution in [-0.2, 0) is 0 Å². The number of halogens is 1. The number of fused-ring (bicyclic) bond motifs is 1. The van der Waals surface area contributed by atoms with Gasteiger partial charge in [0.1, 0.15) is 23.3 Å². The van der Waals surface area contributed by atoms with Crippen molar-refractivity contribution < 1.29 is 4.39 Å². The molecule has 2 N–H and O–H groups in total. The molecule has 0 bridgehead atoms. The highest BCUT2D eigenvalue weighted by molar-refractivity contribution is 5.91. The van der Waals surface area contributed by atoms with Gasteiger partial charge in [0.25, 0.3) is 0 Å². The Kier molecular flexibility index (Phi) is 4.30. The van der Waals surface area contributed by atoms with Crippen LogP contribution in [0.25, 0.3) is 0 Å². The van der Waals surface area contributed by atoms with Crippen molar-refractivity contribution in [3.8, 4) is 0 Å². The maximum Gasteiger partial charge on any atom is 0.159 e. The number of nitrogens with zero attached hydrogens (tertiary/aromatic N) is 4. The number of rotatable bonds is 3. The lowest BCUT2D eigenvalue weighted by molar-refractivity contribution is 0.428. The van der Waals surface area contributed by atoms with E-state index in [1.807, 2.05) is 6.07 Å². The zero-order valence-corrected chi connectivity index (χ0v) is 15.4. The highest BCUT2D eigenvalue weighted by atomic mass is 19.1. The average Bonchev–Trinajstić information content (AvgIpc) is 3.03. The third-order valence-corrected chi connectivity index (χ3v) is 5.99. The highest BCUT2D eigenvalue weighted by Crippen LogP contribution is 2.34. The van der Waals surface area contributed by atoms with E-state index in [0.29, 0.717) is 18.2 Å². The fourth-order valence-electron chi connectivity index (χ4n) is 4.24. The van der Waals surface area contributed by atoms with Crippen LogP contribution in [0.3, 0.4) is 0 Å². The summed E-state index contributed by atoms with van der Waals surface area (Å²) in [5.41, 5.74) is 7.16. The Balaban J connectivity index is 1.47. The summed E-state index contributed by atoms with van der Waals surface area (Å²) in [4.78, 5) is 16.7. The zero-order chi connectivity index (χ0) is 18.2. The van der Waals surface area contributed by atoms with Crippen LogP contribution in [-0.4, -0.2) is 28.9 Å². The summed E-state index contributed by atoms with van der Waals surface area (Å²) in [7, 11) is 0. The third-order valence-electron chi connectivity index (χ3n) is 5.99. The molecule has 6 nitrogen and oxygen atoms in total. The minimum Gasteiger partial charge on any atom is -0.356 e. The zero-order valence-electron chi connectivity index (χ0n) is 15.4. The van der Waals surface area contributed by atoms with Gasteiger partial charge in [-0.25, -0.2) is 19.4 Å². The van der Waals surface area contributed by atoms with Crippen LogP contribution < -0.4 is 15.8 Å². The van der Waals surface area contributed by atoms with Gasteiger partial charge in [-0.2, -0.15) is 0 Å². The molecule has 2 aliphatic heterocycles. The van der Waals surface area contributed by atoms with Crippen molar-refractivity contribution in [1.29, 1.82) is 0 Å². The Morgan fingerprint density at radius 3 is 2.67 bits per heavy atom. The summed E-state index contributed by atoms with van der Waals surface area (Å²) in [6, 6.07) is 1.97. The van der Waals surface area contributed by atoms with Gasteiger partial charge in [-0.15, -0.1) is 0 Å². The molecule has 1 saturated carbocycles. The van der Waals surface area contributed by atoms with Crippen molar-refractivity contribution in [2.24, 2.45) is 10.9 Å². The second kappa shape index (κ2) is 6.94. The van der Waals surface area contributed by atoms with Crippen molar-refractivity contribution in [3.63, 3.8) is 0 Å². The molecule has 0 spiro atoms. The van der Waals surface area contributed by atoms with Crippen molar-refractivity contribution >= 4 is 17.5 Å². The first-order valence-corrected chi connectivity index (χ1v) is 10.1. The van der Waals surface area contributed by atoms with Crippen LogP contribution in [0.5, 0.6) is 0 Å². The molecule has 0 radical (unpaired) electrons.